The summed E-state index contributed by atoms with van der Waals surface area (Å²) in [4.78, 5) is 64.7. The summed E-state index contributed by atoms with van der Waals surface area (Å²) in [5.74, 6) is -3.64. The Morgan fingerprint density at radius 3 is 2.01 bits per heavy atom. The second kappa shape index (κ2) is 24.0. The van der Waals surface area contributed by atoms with Gasteiger partial charge in [-0.3, -0.25) is 28.9 Å². The summed E-state index contributed by atoms with van der Waals surface area (Å²) in [5.41, 5.74) is -5.65. The van der Waals surface area contributed by atoms with Gasteiger partial charge in [0.15, 0.2) is 29.1 Å². The number of halogens is 2. The molecule has 0 bridgehead atoms. The summed E-state index contributed by atoms with van der Waals surface area (Å²) in [5, 5.41) is 25.0. The van der Waals surface area contributed by atoms with Crippen molar-refractivity contribution in [3.05, 3.63) is 90.0 Å². The smallest absolute Gasteiger partial charge is 0.253 e. The predicted molar refractivity (Wildman–Crippen MR) is 259 cm³/mol. The van der Waals surface area contributed by atoms with Gasteiger partial charge < -0.3 is 53.4 Å². The zero-order chi connectivity index (χ0) is 51.8. The van der Waals surface area contributed by atoms with Gasteiger partial charge in [-0.05, 0) is 80.2 Å². The number of nitrogens with one attached hydrogen (secondary N) is 1. The number of anilines is 1. The van der Waals surface area contributed by atoms with Crippen molar-refractivity contribution in [3.8, 4) is 0 Å². The standard InChI is InChI=1S/C53H64F2N2O15S/c1-50-14-12-36(59)29-41(50)42(54)30-40-39-31-45-53(44(61)33-58,51(39,2)32-43(60)52(40,50)55)72-49(71-45)34-6-8-37(9-7-34)73-38-5-3-4-35(28-38)56-46(62)13-16-65-18-20-67-22-24-69-26-27-70-25-23-68-21-19-66-17-15-57-47(63)10-11-48(57)64/h3-12,14,28-29,39-40,42-43,45,49,58,60H,13,15-27,30-33H2,1-2H3,(H,56,62)/t39-,40-,42-,43-,45+,49+,50-,51-,52-,53+/m0/s1. The van der Waals surface area contributed by atoms with Gasteiger partial charge in [0.1, 0.15) is 12.8 Å². The van der Waals surface area contributed by atoms with Gasteiger partial charge in [0.05, 0.1) is 104 Å². The first-order valence-electron chi connectivity index (χ1n) is 24.8. The van der Waals surface area contributed by atoms with Crippen LogP contribution in [-0.2, 0) is 61.9 Å². The van der Waals surface area contributed by atoms with Crippen LogP contribution in [-0.4, -0.2) is 166 Å². The molecule has 1 saturated heterocycles. The number of aliphatic hydroxyl groups excluding tert-OH is 2. The minimum atomic E-state index is -2.34. The van der Waals surface area contributed by atoms with Crippen molar-refractivity contribution in [3.63, 3.8) is 0 Å². The van der Waals surface area contributed by atoms with Gasteiger partial charge in [-0.25, -0.2) is 8.78 Å². The molecule has 3 saturated carbocycles. The van der Waals surface area contributed by atoms with Gasteiger partial charge in [0.2, 0.25) is 5.91 Å². The van der Waals surface area contributed by atoms with Crippen molar-refractivity contribution in [1.82, 2.24) is 4.90 Å². The quantitative estimate of drug-likeness (QED) is 0.0807. The van der Waals surface area contributed by atoms with Crippen LogP contribution < -0.4 is 5.32 Å². The molecular formula is C53H64F2N2O15S. The first kappa shape index (κ1) is 54.7. The average Bonchev–Trinajstić information content (AvgIpc) is 4.00. The number of nitrogens with zero attached hydrogens (tertiary/aromatic N) is 1. The fraction of sp³-hybridized carbons (Fsp3) is 0.566. The van der Waals surface area contributed by atoms with Gasteiger partial charge in [-0.2, -0.15) is 0 Å². The lowest BCUT2D eigenvalue weighted by Gasteiger charge is -2.63. The number of Topliss-reactive ketones (excluding diaryl/α,β-unsaturated/α-hetero) is 1. The number of fused-ring (bicyclic) bond motifs is 7. The Morgan fingerprint density at radius 2 is 1.40 bits per heavy atom. The Kier molecular flexibility index (Phi) is 17.9. The maximum atomic E-state index is 17.8. The van der Waals surface area contributed by atoms with Crippen molar-refractivity contribution in [1.29, 1.82) is 0 Å². The van der Waals surface area contributed by atoms with Crippen LogP contribution in [0.3, 0.4) is 0 Å². The normalized spacial score (nSPS) is 31.1. The van der Waals surface area contributed by atoms with E-state index in [2.05, 4.69) is 5.32 Å². The monoisotopic (exact) mass is 1040 g/mol. The van der Waals surface area contributed by atoms with Crippen LogP contribution in [0.4, 0.5) is 14.5 Å². The molecule has 3 amide bonds. The minimum Gasteiger partial charge on any atom is -0.390 e. The number of alkyl halides is 2. The average molecular weight is 1040 g/mol. The number of hydrogen-bond donors (Lipinski definition) is 3. The lowest BCUT2D eigenvalue weighted by Crippen LogP contribution is -2.70. The molecule has 2 aliphatic heterocycles. The number of benzene rings is 2. The molecule has 3 N–H and O–H groups in total. The van der Waals surface area contributed by atoms with Gasteiger partial charge in [0, 0.05) is 49.9 Å². The number of allylic oxidation sites excluding steroid dienone is 4. The van der Waals surface area contributed by atoms with E-state index in [0.717, 1.165) is 20.8 Å². The Morgan fingerprint density at radius 1 is 0.795 bits per heavy atom. The molecule has 4 fully saturated rings. The Labute approximate surface area is 426 Å². The van der Waals surface area contributed by atoms with E-state index in [1.54, 1.807) is 13.0 Å². The first-order chi connectivity index (χ1) is 35.1. The molecule has 73 heavy (non-hydrogen) atoms. The number of ketones is 2. The summed E-state index contributed by atoms with van der Waals surface area (Å²) in [6.45, 7) is 6.81. The zero-order valence-electron chi connectivity index (χ0n) is 41.0. The number of aliphatic hydroxyl groups is 2. The van der Waals surface area contributed by atoms with Crippen molar-refractivity contribution in [2.45, 2.75) is 85.3 Å². The number of carbonyl (C=O) groups is 5. The van der Waals surface area contributed by atoms with Crippen LogP contribution in [0.25, 0.3) is 0 Å². The molecule has 10 atom stereocenters. The lowest BCUT2D eigenvalue weighted by atomic mass is 9.44. The van der Waals surface area contributed by atoms with Gasteiger partial charge >= 0.3 is 0 Å². The molecule has 2 aromatic rings. The van der Waals surface area contributed by atoms with E-state index in [0.29, 0.717) is 77.3 Å². The molecule has 396 valence electrons. The van der Waals surface area contributed by atoms with Crippen LogP contribution in [0.1, 0.15) is 51.4 Å². The van der Waals surface area contributed by atoms with E-state index in [9.17, 15) is 34.2 Å². The number of carbonyl (C=O) groups excluding carboxylic acids is 5. The van der Waals surface area contributed by atoms with Crippen LogP contribution in [0.5, 0.6) is 0 Å². The Bertz CT molecular complexity index is 2410. The van der Waals surface area contributed by atoms with Gasteiger partial charge in [0.25, 0.3) is 11.8 Å². The largest absolute Gasteiger partial charge is 0.390 e. The highest BCUT2D eigenvalue weighted by Crippen LogP contribution is 2.72. The van der Waals surface area contributed by atoms with Gasteiger partial charge in [-0.15, -0.1) is 0 Å². The highest BCUT2D eigenvalue weighted by Gasteiger charge is 2.80. The van der Waals surface area contributed by atoms with E-state index in [-0.39, 0.29) is 68.7 Å². The third-order valence-corrected chi connectivity index (χ3v) is 16.1. The molecule has 0 unspecified atom stereocenters. The topological polar surface area (TPSA) is 215 Å². The number of rotatable bonds is 27. The molecule has 4 aliphatic carbocycles. The van der Waals surface area contributed by atoms with E-state index >= 15 is 8.78 Å². The summed E-state index contributed by atoms with van der Waals surface area (Å²) >= 11 is 1.46. The van der Waals surface area contributed by atoms with Crippen LogP contribution in [0, 0.1) is 22.7 Å². The second-order valence-corrected chi connectivity index (χ2v) is 20.5. The van der Waals surface area contributed by atoms with E-state index in [1.807, 2.05) is 42.5 Å². The summed E-state index contributed by atoms with van der Waals surface area (Å²) < 4.78 is 79.7. The highest BCUT2D eigenvalue weighted by atomic mass is 32.2. The molecular weight excluding hydrogens is 975 g/mol. The molecule has 6 aliphatic rings. The molecule has 17 nitrogen and oxygen atoms in total. The second-order valence-electron chi connectivity index (χ2n) is 19.3. The third-order valence-electron chi connectivity index (χ3n) is 15.1. The zero-order valence-corrected chi connectivity index (χ0v) is 41.8. The number of ether oxygens (including phenoxy) is 8. The molecule has 2 heterocycles. The Balaban J connectivity index is 0.703. The van der Waals surface area contributed by atoms with Crippen LogP contribution in [0.2, 0.25) is 0 Å². The molecule has 0 spiro atoms. The first-order valence-corrected chi connectivity index (χ1v) is 25.6. The molecule has 0 aromatic heterocycles. The van der Waals surface area contributed by atoms with Gasteiger partial charge in [-0.1, -0.05) is 43.0 Å². The number of hydrogen-bond acceptors (Lipinski definition) is 16. The van der Waals surface area contributed by atoms with Crippen LogP contribution in [0.15, 0.2) is 94.3 Å². The maximum absolute atomic E-state index is 17.8. The molecule has 0 radical (unpaired) electrons. The Hall–Kier alpha value is -4.58. The molecule has 20 heteroatoms. The fourth-order valence-electron chi connectivity index (χ4n) is 11.6. The van der Waals surface area contributed by atoms with Crippen molar-refractivity contribution < 1.29 is 80.9 Å². The van der Waals surface area contributed by atoms with E-state index in [1.165, 1.54) is 43.0 Å². The molecule has 8 rings (SSSR count). The van der Waals surface area contributed by atoms with Crippen LogP contribution >= 0.6 is 11.8 Å². The molecule has 2 aromatic carbocycles. The van der Waals surface area contributed by atoms with E-state index in [4.69, 9.17) is 37.9 Å². The lowest BCUT2D eigenvalue weighted by molar-refractivity contribution is -0.235. The number of amides is 3. The summed E-state index contributed by atoms with van der Waals surface area (Å²) in [7, 11) is 0. The SMILES string of the molecule is C[C@]12C=CC(=O)C=C1[C@@H](F)C[C@H]1[C@@H]3C[C@H]4O[C@@H](c5ccc(Sc6cccc(NC(=O)CCOCCOCCOCCOCCOCCOCCN7C(=O)C=CC7=O)c6)cc5)O[C@@]4(C(=O)CO)[C@@]3(C)C[C@H](O)[C@@]12F. The third kappa shape index (κ3) is 11.4. The fourth-order valence-corrected chi connectivity index (χ4v) is 12.5. The predicted octanol–water partition coefficient (Wildman–Crippen LogP) is 4.83. The maximum Gasteiger partial charge on any atom is 0.253 e. The summed E-state index contributed by atoms with van der Waals surface area (Å²) in [6.07, 6.45) is 0.795. The van der Waals surface area contributed by atoms with Crippen molar-refractivity contribution in [2.75, 3.05) is 97.8 Å². The van der Waals surface area contributed by atoms with Crippen molar-refractivity contribution >= 4 is 46.7 Å². The van der Waals surface area contributed by atoms with Crippen molar-refractivity contribution in [2.24, 2.45) is 22.7 Å². The highest BCUT2D eigenvalue weighted by molar-refractivity contribution is 7.99. The minimum absolute atomic E-state index is 0.0115. The van der Waals surface area contributed by atoms with E-state index < -0.39 is 76.8 Å². The number of imide groups is 1. The summed E-state index contributed by atoms with van der Waals surface area (Å²) in [6, 6.07) is 14.8.